The molecule has 0 bridgehead atoms. The average Bonchev–Trinajstić information content (AvgIpc) is 2.22. The molecule has 0 aromatic carbocycles. The molecule has 1 fully saturated rings. The molecule has 1 aliphatic carbocycles. The maximum Gasteiger partial charge on any atom is 0.242 e. The van der Waals surface area contributed by atoms with Gasteiger partial charge in [-0.3, -0.25) is 9.52 Å². The van der Waals surface area contributed by atoms with Crippen LogP contribution in [0.3, 0.4) is 0 Å². The summed E-state index contributed by atoms with van der Waals surface area (Å²) in [6.07, 6.45) is 4.93. The van der Waals surface area contributed by atoms with Gasteiger partial charge in [0.15, 0.2) is 0 Å². The number of allylic oxidation sites excluding steroid dienone is 2. The third kappa shape index (κ3) is 1.41. The number of carbonyl (C=O) groups excluding carboxylic acids is 1. The highest BCUT2D eigenvalue weighted by molar-refractivity contribution is 14.1. The monoisotopic (exact) mass is 311 g/mol. The molecule has 0 radical (unpaired) electrons. The Kier molecular flexibility index (Phi) is 1.99. The van der Waals surface area contributed by atoms with Gasteiger partial charge in [-0.05, 0) is 22.6 Å². The van der Waals surface area contributed by atoms with Crippen molar-refractivity contribution >= 4 is 38.5 Å². The first-order chi connectivity index (χ1) is 6.00. The van der Waals surface area contributed by atoms with E-state index in [4.69, 9.17) is 0 Å². The summed E-state index contributed by atoms with van der Waals surface area (Å²) < 4.78 is 25.5. The Morgan fingerprint density at radius 1 is 1.46 bits per heavy atom. The zero-order valence-electron chi connectivity index (χ0n) is 6.40. The summed E-state index contributed by atoms with van der Waals surface area (Å²) in [4.78, 5) is 11.2. The third-order valence-corrected chi connectivity index (χ3v) is 4.41. The van der Waals surface area contributed by atoms with Gasteiger partial charge in [0, 0.05) is 3.58 Å². The van der Waals surface area contributed by atoms with Crippen molar-refractivity contribution in [2.45, 2.75) is 5.25 Å². The Morgan fingerprint density at radius 3 is 2.85 bits per heavy atom. The zero-order chi connectivity index (χ0) is 9.64. The first-order valence-electron chi connectivity index (χ1n) is 3.62. The van der Waals surface area contributed by atoms with Crippen LogP contribution in [-0.2, 0) is 14.8 Å². The molecule has 2 unspecified atom stereocenters. The van der Waals surface area contributed by atoms with Crippen LogP contribution >= 0.6 is 22.6 Å². The predicted octanol–water partition coefficient (Wildman–Crippen LogP) is 0.320. The molecule has 2 atom stereocenters. The van der Waals surface area contributed by atoms with Gasteiger partial charge in [0.05, 0.1) is 5.92 Å². The van der Waals surface area contributed by atoms with Crippen molar-refractivity contribution in [3.63, 3.8) is 0 Å². The topological polar surface area (TPSA) is 63.2 Å². The van der Waals surface area contributed by atoms with Gasteiger partial charge >= 0.3 is 0 Å². The average molecular weight is 311 g/mol. The van der Waals surface area contributed by atoms with Crippen LogP contribution in [0.1, 0.15) is 0 Å². The maximum atomic E-state index is 11.3. The highest BCUT2D eigenvalue weighted by Gasteiger charge is 2.44. The van der Waals surface area contributed by atoms with Gasteiger partial charge in [0.2, 0.25) is 15.9 Å². The number of carbonyl (C=O) groups is 1. The van der Waals surface area contributed by atoms with Gasteiger partial charge in [-0.25, -0.2) is 8.42 Å². The molecule has 6 heteroatoms. The molecule has 0 aromatic heterocycles. The van der Waals surface area contributed by atoms with E-state index in [0.717, 1.165) is 3.58 Å². The summed E-state index contributed by atoms with van der Waals surface area (Å²) in [5.74, 6) is -0.967. The molecule has 70 valence electrons. The Morgan fingerprint density at radius 2 is 2.15 bits per heavy atom. The summed E-state index contributed by atoms with van der Waals surface area (Å²) in [7, 11) is -3.45. The van der Waals surface area contributed by atoms with E-state index < -0.39 is 27.1 Å². The van der Waals surface area contributed by atoms with E-state index in [1.807, 2.05) is 4.72 Å². The Balaban J connectivity index is 2.49. The molecule has 0 saturated carbocycles. The molecular weight excluding hydrogens is 305 g/mol. The number of sulfonamides is 1. The summed E-state index contributed by atoms with van der Waals surface area (Å²) in [5.41, 5.74) is 0. The Hall–Kier alpha value is -0.370. The van der Waals surface area contributed by atoms with Gasteiger partial charge < -0.3 is 0 Å². The van der Waals surface area contributed by atoms with Gasteiger partial charge in [0.1, 0.15) is 5.25 Å². The number of amides is 1. The van der Waals surface area contributed by atoms with Crippen LogP contribution in [0.5, 0.6) is 0 Å². The Labute approximate surface area is 89.3 Å². The number of fused-ring (bicyclic) bond motifs is 1. The molecule has 1 aliphatic heterocycles. The Bertz CT molecular complexity index is 423. The lowest BCUT2D eigenvalue weighted by Crippen LogP contribution is -2.24. The number of hydrogen-bond acceptors (Lipinski definition) is 3. The van der Waals surface area contributed by atoms with Gasteiger partial charge in [-0.1, -0.05) is 18.2 Å². The van der Waals surface area contributed by atoms with Crippen molar-refractivity contribution in [3.05, 3.63) is 21.8 Å². The highest BCUT2D eigenvalue weighted by atomic mass is 127. The van der Waals surface area contributed by atoms with Crippen LogP contribution < -0.4 is 4.72 Å². The third-order valence-electron chi connectivity index (χ3n) is 2.04. The maximum absolute atomic E-state index is 11.3. The van der Waals surface area contributed by atoms with E-state index in [1.54, 1.807) is 18.2 Å². The van der Waals surface area contributed by atoms with Crippen LogP contribution in [0.25, 0.3) is 0 Å². The molecule has 4 nitrogen and oxygen atoms in total. The summed E-state index contributed by atoms with van der Waals surface area (Å²) >= 11 is 2.05. The molecule has 2 aliphatic rings. The van der Waals surface area contributed by atoms with Crippen LogP contribution in [-0.4, -0.2) is 19.6 Å². The van der Waals surface area contributed by atoms with Crippen LogP contribution in [0.15, 0.2) is 21.8 Å². The molecule has 1 N–H and O–H groups in total. The van der Waals surface area contributed by atoms with E-state index in [9.17, 15) is 13.2 Å². The molecule has 1 saturated heterocycles. The van der Waals surface area contributed by atoms with E-state index in [-0.39, 0.29) is 0 Å². The van der Waals surface area contributed by atoms with E-state index >= 15 is 0 Å². The van der Waals surface area contributed by atoms with E-state index in [2.05, 4.69) is 22.6 Å². The minimum Gasteiger partial charge on any atom is -0.273 e. The van der Waals surface area contributed by atoms with Crippen LogP contribution in [0.4, 0.5) is 0 Å². The second kappa shape index (κ2) is 2.81. The first kappa shape index (κ1) is 9.20. The van der Waals surface area contributed by atoms with Gasteiger partial charge in [-0.2, -0.15) is 0 Å². The fourth-order valence-electron chi connectivity index (χ4n) is 1.43. The molecule has 2 rings (SSSR count). The molecule has 13 heavy (non-hydrogen) atoms. The van der Waals surface area contributed by atoms with E-state index in [0.29, 0.717) is 0 Å². The number of halogens is 1. The van der Waals surface area contributed by atoms with Crippen molar-refractivity contribution in [1.29, 1.82) is 0 Å². The molecule has 1 amide bonds. The smallest absolute Gasteiger partial charge is 0.242 e. The summed E-state index contributed by atoms with van der Waals surface area (Å²) in [6.45, 7) is 0. The molecule has 0 aromatic rings. The fraction of sp³-hybridized carbons (Fsp3) is 0.286. The molecule has 0 spiro atoms. The quantitative estimate of drug-likeness (QED) is 0.655. The standard InChI is InChI=1S/C7H6INO3S/c8-4-1-2-6-5(3-4)7(10)9-13(6,11)12/h1-3,5-6H,(H,9,10). The van der Waals surface area contributed by atoms with Crippen LogP contribution in [0, 0.1) is 5.92 Å². The lowest BCUT2D eigenvalue weighted by atomic mass is 10.0. The zero-order valence-corrected chi connectivity index (χ0v) is 9.37. The normalized spacial score (nSPS) is 35.2. The predicted molar refractivity (Wildman–Crippen MR) is 55.6 cm³/mol. The first-order valence-corrected chi connectivity index (χ1v) is 6.24. The lowest BCUT2D eigenvalue weighted by molar-refractivity contribution is -0.120. The van der Waals surface area contributed by atoms with Crippen molar-refractivity contribution in [3.8, 4) is 0 Å². The van der Waals surface area contributed by atoms with Gasteiger partial charge in [0.25, 0.3) is 0 Å². The van der Waals surface area contributed by atoms with Crippen molar-refractivity contribution < 1.29 is 13.2 Å². The number of hydrogen-bond donors (Lipinski definition) is 1. The highest BCUT2D eigenvalue weighted by Crippen LogP contribution is 2.29. The largest absolute Gasteiger partial charge is 0.273 e. The summed E-state index contributed by atoms with van der Waals surface area (Å²) in [5, 5.41) is -0.710. The minimum absolute atomic E-state index is 0.427. The van der Waals surface area contributed by atoms with Gasteiger partial charge in [-0.15, -0.1) is 0 Å². The molecule has 1 heterocycles. The van der Waals surface area contributed by atoms with Crippen molar-refractivity contribution in [2.24, 2.45) is 5.92 Å². The SMILES string of the molecule is O=C1NS(=O)(=O)C2C=CC(I)=CC12. The van der Waals surface area contributed by atoms with Crippen molar-refractivity contribution in [2.75, 3.05) is 0 Å². The van der Waals surface area contributed by atoms with E-state index in [1.165, 1.54) is 0 Å². The van der Waals surface area contributed by atoms with Crippen molar-refractivity contribution in [1.82, 2.24) is 4.72 Å². The lowest BCUT2D eigenvalue weighted by Gasteiger charge is -2.11. The fourth-order valence-corrected chi connectivity index (χ4v) is 3.45. The second-order valence-electron chi connectivity index (χ2n) is 2.91. The number of nitrogens with one attached hydrogen (secondary N) is 1. The second-order valence-corrected chi connectivity index (χ2v) is 6.00. The summed E-state index contributed by atoms with van der Waals surface area (Å²) in [6, 6.07) is 0. The van der Waals surface area contributed by atoms with Crippen LogP contribution in [0.2, 0.25) is 0 Å². The molecular formula is C7H6INO3S. The number of rotatable bonds is 0. The minimum atomic E-state index is -3.45.